The van der Waals surface area contributed by atoms with E-state index >= 15 is 0 Å². The van der Waals surface area contributed by atoms with Gasteiger partial charge in [0.25, 0.3) is 6.43 Å². The van der Waals surface area contributed by atoms with Crippen LogP contribution in [0.1, 0.15) is 27.1 Å². The second kappa shape index (κ2) is 10.1. The summed E-state index contributed by atoms with van der Waals surface area (Å²) in [5, 5.41) is 24.6. The molecule has 186 valence electrons. The van der Waals surface area contributed by atoms with E-state index in [9.17, 15) is 8.78 Å². The van der Waals surface area contributed by atoms with Crippen molar-refractivity contribution in [1.29, 1.82) is 0 Å². The summed E-state index contributed by atoms with van der Waals surface area (Å²) in [5.41, 5.74) is 2.79. The fourth-order valence-corrected chi connectivity index (χ4v) is 4.52. The minimum absolute atomic E-state index is 0.0181. The third kappa shape index (κ3) is 4.89. The highest BCUT2D eigenvalue weighted by molar-refractivity contribution is 5.89. The van der Waals surface area contributed by atoms with E-state index in [0.29, 0.717) is 46.1 Å². The highest BCUT2D eigenvalue weighted by Gasteiger charge is 2.23. The van der Waals surface area contributed by atoms with Crippen LogP contribution in [0.4, 0.5) is 14.7 Å². The van der Waals surface area contributed by atoms with Crippen molar-refractivity contribution in [3.8, 4) is 17.0 Å². The number of alkyl halides is 2. The number of ether oxygens (including phenoxy) is 2. The van der Waals surface area contributed by atoms with Crippen molar-refractivity contribution in [2.75, 3.05) is 25.6 Å². The Morgan fingerprint density at radius 1 is 1.26 bits per heavy atom. The van der Waals surface area contributed by atoms with E-state index in [4.69, 9.17) is 16.0 Å². The zero-order valence-corrected chi connectivity index (χ0v) is 19.2. The van der Waals surface area contributed by atoms with E-state index in [-0.39, 0.29) is 24.9 Å². The molecule has 0 aliphatic heterocycles. The molecule has 1 fully saturated rings. The Morgan fingerprint density at radius 2 is 2.09 bits per heavy atom. The van der Waals surface area contributed by atoms with Gasteiger partial charge in [-0.3, -0.25) is 0 Å². The van der Waals surface area contributed by atoms with Gasteiger partial charge in [0.05, 0.1) is 33.3 Å². The fraction of sp³-hybridized carbons (Fsp3) is 0.478. The molecule has 1 aliphatic rings. The molecule has 35 heavy (non-hydrogen) atoms. The molecule has 0 bridgehead atoms. The van der Waals surface area contributed by atoms with Crippen LogP contribution in [0.25, 0.3) is 27.7 Å². The Kier molecular flexibility index (Phi) is 6.37. The Balaban J connectivity index is 1.44. The highest BCUT2D eigenvalue weighted by Crippen LogP contribution is 2.33. The Hall–Kier alpha value is -3.38. The maximum atomic E-state index is 13.0. The van der Waals surface area contributed by atoms with Crippen LogP contribution in [0.2, 0.25) is 0 Å². The number of rotatable bonds is 9. The maximum absolute atomic E-state index is 13.0. The van der Waals surface area contributed by atoms with Crippen molar-refractivity contribution in [2.24, 2.45) is 0 Å². The molecule has 4 aromatic rings. The number of methoxy groups -OCH3 is 1. The first-order valence-corrected chi connectivity index (χ1v) is 11.5. The highest BCUT2D eigenvalue weighted by atomic mass is 19.3. The maximum Gasteiger partial charge on any atom is 0.258 e. The average molecular weight is 489 g/mol. The van der Waals surface area contributed by atoms with Gasteiger partial charge in [0.2, 0.25) is 11.8 Å². The molecular weight excluding hydrogens is 460 g/mol. The predicted octanol–water partition coefficient (Wildman–Crippen LogP) is 3.15. The number of benzene rings is 1. The van der Waals surface area contributed by atoms with E-state index in [1.165, 1.54) is 16.3 Å². The molecule has 2 N–H and O–H groups in total. The van der Waals surface area contributed by atoms with E-state index in [0.717, 1.165) is 25.7 Å². The van der Waals surface area contributed by atoms with Crippen LogP contribution in [0.15, 0.2) is 30.4 Å². The smallest absolute Gasteiger partial charge is 0.258 e. The van der Waals surface area contributed by atoms with Crippen LogP contribution in [-0.4, -0.2) is 73.6 Å². The molecule has 3 heterocycles. The summed E-state index contributed by atoms with van der Waals surface area (Å²) in [6.45, 7) is -0.193. The summed E-state index contributed by atoms with van der Waals surface area (Å²) in [5.74, 6) is 0.643. The van der Waals surface area contributed by atoms with Gasteiger partial charge in [0.15, 0.2) is 0 Å². The number of nitrogens with one attached hydrogen (secondary N) is 1. The summed E-state index contributed by atoms with van der Waals surface area (Å²) in [7, 11) is 1.50. The number of aliphatic hydroxyl groups is 1. The lowest BCUT2D eigenvalue weighted by Gasteiger charge is -2.29. The molecule has 5 rings (SSSR count). The van der Waals surface area contributed by atoms with E-state index in [1.807, 2.05) is 0 Å². The van der Waals surface area contributed by atoms with Crippen molar-refractivity contribution in [1.82, 2.24) is 29.6 Å². The van der Waals surface area contributed by atoms with Gasteiger partial charge in [-0.25, -0.2) is 18.0 Å². The zero-order chi connectivity index (χ0) is 25.2. The largest absolute Gasteiger partial charge is 0.479 e. The van der Waals surface area contributed by atoms with Gasteiger partial charge in [-0.2, -0.15) is 4.98 Å². The van der Waals surface area contributed by atoms with Crippen LogP contribution in [0.5, 0.6) is 5.88 Å². The van der Waals surface area contributed by atoms with Gasteiger partial charge in [0, 0.05) is 17.8 Å². The van der Waals surface area contributed by atoms with Crippen molar-refractivity contribution >= 4 is 22.5 Å². The first-order valence-electron chi connectivity index (χ1n) is 12.0. The van der Waals surface area contributed by atoms with Crippen molar-refractivity contribution in [2.45, 2.75) is 50.8 Å². The summed E-state index contributed by atoms with van der Waals surface area (Å²) in [6.07, 6.45) is 1.18. The Morgan fingerprint density at radius 3 is 2.83 bits per heavy atom. The van der Waals surface area contributed by atoms with Gasteiger partial charge in [-0.05, 0) is 49.4 Å². The molecule has 0 amide bonds. The van der Waals surface area contributed by atoms with Gasteiger partial charge >= 0.3 is 0 Å². The van der Waals surface area contributed by atoms with E-state index in [1.54, 1.807) is 24.3 Å². The predicted molar refractivity (Wildman–Crippen MR) is 125 cm³/mol. The summed E-state index contributed by atoms with van der Waals surface area (Å²) < 4.78 is 48.3. The van der Waals surface area contributed by atoms with Crippen LogP contribution in [0.3, 0.4) is 0 Å². The number of fused-ring (bicyclic) bond motifs is 2. The monoisotopic (exact) mass is 488 g/mol. The summed E-state index contributed by atoms with van der Waals surface area (Å²) in [4.78, 5) is 4.55. The minimum atomic E-state index is -2.56. The molecule has 0 saturated heterocycles. The summed E-state index contributed by atoms with van der Waals surface area (Å²) >= 11 is 0. The normalized spacial score (nSPS) is 18.9. The standard InChI is InChI=1S/C23H27F2N7O3/c1-34-22-21-17(14-2-7-18-19(12-14)32(30-28-18)13-20(24)25)8-9-31(21)29-23(27-22)26-15-3-5-16(6-4-15)35-11-10-33/h2,7-9,12,15-16,20,33H,3-6,10-11,13H2,1H3,(H,26,29)/t15-,16+/i9D. The number of hydrogen-bond acceptors (Lipinski definition) is 8. The number of aliphatic hydroxyl groups excluding tert-OH is 1. The van der Waals surface area contributed by atoms with E-state index < -0.39 is 13.0 Å². The topological polar surface area (TPSA) is 112 Å². The molecule has 0 atom stereocenters. The number of hydrogen-bond donors (Lipinski definition) is 2. The van der Waals surface area contributed by atoms with Crippen LogP contribution < -0.4 is 10.1 Å². The van der Waals surface area contributed by atoms with Crippen LogP contribution >= 0.6 is 0 Å². The van der Waals surface area contributed by atoms with Crippen molar-refractivity contribution in [3.63, 3.8) is 0 Å². The average Bonchev–Trinajstić information content (AvgIpc) is 3.43. The minimum Gasteiger partial charge on any atom is -0.479 e. The van der Waals surface area contributed by atoms with Crippen molar-refractivity contribution in [3.05, 3.63) is 30.4 Å². The Labute approximate surface area is 201 Å². The van der Waals surface area contributed by atoms with Gasteiger partial charge < -0.3 is 19.9 Å². The molecule has 1 saturated carbocycles. The third-order valence-electron chi connectivity index (χ3n) is 6.18. The number of nitrogens with zero attached hydrogens (tertiary/aromatic N) is 6. The SMILES string of the molecule is [2H]c1cc(-c2ccc3nnn(CC(F)F)c3c2)c2c(OC)nc(N[C@H]3CC[C@@H](OCCO)CC3)nn12. The molecule has 1 aliphatic carbocycles. The third-order valence-corrected chi connectivity index (χ3v) is 6.18. The molecule has 0 unspecified atom stereocenters. The second-order valence-corrected chi connectivity index (χ2v) is 8.47. The first kappa shape index (κ1) is 22.1. The zero-order valence-electron chi connectivity index (χ0n) is 20.2. The lowest BCUT2D eigenvalue weighted by molar-refractivity contribution is 0.00718. The van der Waals surface area contributed by atoms with Gasteiger partial charge in [-0.15, -0.1) is 10.2 Å². The molecule has 0 radical (unpaired) electrons. The fourth-order valence-electron chi connectivity index (χ4n) is 4.52. The molecule has 3 aromatic heterocycles. The molecular formula is C23H27F2N7O3. The molecule has 10 nitrogen and oxygen atoms in total. The number of anilines is 1. The summed E-state index contributed by atoms with van der Waals surface area (Å²) in [6, 6.07) is 7.01. The van der Waals surface area contributed by atoms with Crippen LogP contribution in [0, 0.1) is 0 Å². The van der Waals surface area contributed by atoms with Gasteiger partial charge in [0.1, 0.15) is 17.6 Å². The van der Waals surface area contributed by atoms with Crippen molar-refractivity contribution < 1.29 is 24.7 Å². The lowest BCUT2D eigenvalue weighted by atomic mass is 9.93. The first-order chi connectivity index (χ1) is 17.5. The van der Waals surface area contributed by atoms with Gasteiger partial charge in [-0.1, -0.05) is 11.3 Å². The number of halogens is 2. The number of aromatic nitrogens is 6. The Bertz CT molecular complexity index is 1350. The molecule has 1 aromatic carbocycles. The lowest BCUT2D eigenvalue weighted by Crippen LogP contribution is -2.31. The van der Waals surface area contributed by atoms with E-state index in [2.05, 4.69) is 25.7 Å². The van der Waals surface area contributed by atoms with Crippen LogP contribution in [-0.2, 0) is 11.3 Å². The quantitative estimate of drug-likeness (QED) is 0.370. The second-order valence-electron chi connectivity index (χ2n) is 8.47. The molecule has 0 spiro atoms. The molecule has 12 heteroatoms.